The molecule has 72 valence electrons. The number of halogens is 3. The van der Waals surface area contributed by atoms with E-state index in [1.54, 1.807) is 0 Å². The molecular formula is C6H4F3NO2S. The van der Waals surface area contributed by atoms with Crippen molar-refractivity contribution in [2.45, 2.75) is 11.2 Å². The Hall–Kier alpha value is -1.11. The van der Waals surface area contributed by atoms with Crippen LogP contribution in [-0.2, 0) is 16.9 Å². The van der Waals surface area contributed by atoms with E-state index in [2.05, 4.69) is 4.98 Å². The Morgan fingerprint density at radius 1 is 1.23 bits per heavy atom. The lowest BCUT2D eigenvalue weighted by Gasteiger charge is -2.04. The summed E-state index contributed by atoms with van der Waals surface area (Å²) in [6.07, 6.45) is -4.00. The van der Waals surface area contributed by atoms with Gasteiger partial charge in [-0.1, -0.05) is 0 Å². The molecule has 0 aliphatic heterocycles. The second-order valence-electron chi connectivity index (χ2n) is 2.16. The average Bonchev–Trinajstić information content (AvgIpc) is 2.03. The molecule has 0 fully saturated rings. The summed E-state index contributed by atoms with van der Waals surface area (Å²) in [5.74, 6) is 0. The molecule has 1 rings (SSSR count). The summed E-state index contributed by atoms with van der Waals surface area (Å²) in [6.45, 7) is 0. The third-order valence-electron chi connectivity index (χ3n) is 1.26. The van der Waals surface area contributed by atoms with Gasteiger partial charge in [0.2, 0.25) is 0 Å². The van der Waals surface area contributed by atoms with Gasteiger partial charge in [-0.2, -0.15) is 13.2 Å². The van der Waals surface area contributed by atoms with E-state index in [0.717, 1.165) is 6.07 Å². The van der Waals surface area contributed by atoms with Gasteiger partial charge in [-0.25, -0.2) is 13.4 Å². The first-order valence-corrected chi connectivity index (χ1v) is 4.26. The summed E-state index contributed by atoms with van der Waals surface area (Å²) in [6, 6.07) is 1.49. The molecule has 3 nitrogen and oxygen atoms in total. The molecular weight excluding hydrogens is 207 g/mol. The maximum absolute atomic E-state index is 11.9. The topological polar surface area (TPSA) is 47.0 Å². The van der Waals surface area contributed by atoms with E-state index < -0.39 is 22.4 Å². The quantitative estimate of drug-likeness (QED) is 0.707. The maximum atomic E-state index is 11.9. The first-order valence-electron chi connectivity index (χ1n) is 3.09. The average molecular weight is 211 g/mol. The van der Waals surface area contributed by atoms with E-state index in [1.807, 2.05) is 0 Å². The van der Waals surface area contributed by atoms with Gasteiger partial charge in [-0.3, -0.25) is 0 Å². The molecule has 0 unspecified atom stereocenters. The van der Waals surface area contributed by atoms with Crippen molar-refractivity contribution in [1.29, 1.82) is 0 Å². The first kappa shape index (κ1) is 9.97. The molecule has 0 saturated carbocycles. The van der Waals surface area contributed by atoms with Gasteiger partial charge in [0, 0.05) is 6.20 Å². The van der Waals surface area contributed by atoms with Crippen LogP contribution in [0.25, 0.3) is 0 Å². The number of nitrogens with zero attached hydrogens (tertiary/aromatic N) is 1. The Morgan fingerprint density at radius 2 is 1.85 bits per heavy atom. The number of rotatable bonds is 1. The van der Waals surface area contributed by atoms with Crippen molar-refractivity contribution in [3.8, 4) is 0 Å². The van der Waals surface area contributed by atoms with Crippen LogP contribution in [0.2, 0.25) is 0 Å². The van der Waals surface area contributed by atoms with Crippen LogP contribution in [-0.4, -0.2) is 13.4 Å². The van der Waals surface area contributed by atoms with Gasteiger partial charge in [-0.05, 0) is 12.1 Å². The lowest BCUT2D eigenvalue weighted by atomic mass is 10.3. The Balaban J connectivity index is 3.08. The van der Waals surface area contributed by atoms with Crippen LogP contribution in [0.5, 0.6) is 0 Å². The van der Waals surface area contributed by atoms with Gasteiger partial charge in [-0.15, -0.1) is 0 Å². The number of hydrogen-bond donors (Lipinski definition) is 1. The van der Waals surface area contributed by atoms with Crippen molar-refractivity contribution in [2.75, 3.05) is 0 Å². The molecule has 0 aromatic carbocycles. The van der Waals surface area contributed by atoms with Crippen LogP contribution in [0.1, 0.15) is 5.56 Å². The molecule has 1 heterocycles. The smallest absolute Gasteiger partial charge is 0.244 e. The summed E-state index contributed by atoms with van der Waals surface area (Å²) in [5, 5.41) is -0.372. The highest BCUT2D eigenvalue weighted by atomic mass is 32.2. The highest BCUT2D eigenvalue weighted by Crippen LogP contribution is 2.28. The SMILES string of the molecule is O=[SH](=O)c1ccc(C(F)(F)F)cn1. The standard InChI is InChI=1S/C6H4F3NO2S/c7-6(8,9)4-1-2-5(10-3-4)13(11)12/h1-3,13H. The minimum Gasteiger partial charge on any atom is -0.244 e. The predicted octanol–water partition coefficient (Wildman–Crippen LogP) is 1.07. The maximum Gasteiger partial charge on any atom is 0.417 e. The Morgan fingerprint density at radius 3 is 2.15 bits per heavy atom. The predicted molar refractivity (Wildman–Crippen MR) is 37.8 cm³/mol. The number of hydrogen-bond acceptors (Lipinski definition) is 3. The first-order chi connectivity index (χ1) is 5.91. The number of pyridine rings is 1. The second kappa shape index (κ2) is 3.33. The van der Waals surface area contributed by atoms with E-state index >= 15 is 0 Å². The Bertz CT molecular complexity index is 360. The fraction of sp³-hybridized carbons (Fsp3) is 0.167. The normalized spacial score (nSPS) is 12.0. The fourth-order valence-corrected chi connectivity index (χ4v) is 1.01. The van der Waals surface area contributed by atoms with E-state index in [9.17, 15) is 21.6 Å². The van der Waals surface area contributed by atoms with Crippen molar-refractivity contribution in [1.82, 2.24) is 4.98 Å². The number of alkyl halides is 3. The van der Waals surface area contributed by atoms with Gasteiger partial charge < -0.3 is 0 Å². The third kappa shape index (κ3) is 2.41. The van der Waals surface area contributed by atoms with Gasteiger partial charge in [0.05, 0.1) is 5.56 Å². The summed E-state index contributed by atoms with van der Waals surface area (Å²) in [7, 11) is -2.92. The van der Waals surface area contributed by atoms with Crippen LogP contribution in [0.3, 0.4) is 0 Å². The molecule has 0 amide bonds. The molecule has 0 aliphatic rings. The van der Waals surface area contributed by atoms with Crippen molar-refractivity contribution in [3.63, 3.8) is 0 Å². The lowest BCUT2D eigenvalue weighted by Crippen LogP contribution is -2.05. The fourth-order valence-electron chi connectivity index (χ4n) is 0.662. The summed E-state index contributed by atoms with van der Waals surface area (Å²) in [4.78, 5) is 3.13. The van der Waals surface area contributed by atoms with E-state index in [0.29, 0.717) is 12.3 Å². The monoisotopic (exact) mass is 211 g/mol. The molecule has 0 atom stereocenters. The van der Waals surface area contributed by atoms with Crippen LogP contribution >= 0.6 is 0 Å². The van der Waals surface area contributed by atoms with Crippen LogP contribution in [0.4, 0.5) is 13.2 Å². The van der Waals surface area contributed by atoms with E-state index in [-0.39, 0.29) is 5.03 Å². The lowest BCUT2D eigenvalue weighted by molar-refractivity contribution is -0.137. The molecule has 0 radical (unpaired) electrons. The van der Waals surface area contributed by atoms with Crippen molar-refractivity contribution >= 4 is 10.7 Å². The van der Waals surface area contributed by atoms with Crippen LogP contribution < -0.4 is 0 Å². The number of aromatic nitrogens is 1. The largest absolute Gasteiger partial charge is 0.417 e. The highest BCUT2D eigenvalue weighted by Gasteiger charge is 2.30. The molecule has 0 bridgehead atoms. The molecule has 13 heavy (non-hydrogen) atoms. The molecule has 1 aromatic rings. The van der Waals surface area contributed by atoms with Crippen molar-refractivity contribution in [2.24, 2.45) is 0 Å². The van der Waals surface area contributed by atoms with E-state index in [4.69, 9.17) is 0 Å². The third-order valence-corrected chi connectivity index (χ3v) is 1.90. The summed E-state index contributed by atoms with van der Waals surface area (Å²) < 4.78 is 56.3. The van der Waals surface area contributed by atoms with Gasteiger partial charge in [0.15, 0.2) is 15.7 Å². The van der Waals surface area contributed by atoms with Crippen molar-refractivity contribution < 1.29 is 21.6 Å². The molecule has 0 aliphatic carbocycles. The summed E-state index contributed by atoms with van der Waals surface area (Å²) in [5.41, 5.74) is -0.965. The zero-order valence-corrected chi connectivity index (χ0v) is 6.97. The molecule has 0 spiro atoms. The Labute approximate surface area is 73.2 Å². The molecule has 0 N–H and O–H groups in total. The minimum atomic E-state index is -4.49. The number of thiol groups is 1. The van der Waals surface area contributed by atoms with Crippen LogP contribution in [0.15, 0.2) is 23.4 Å². The van der Waals surface area contributed by atoms with E-state index in [1.165, 1.54) is 0 Å². The zero-order chi connectivity index (χ0) is 10.1. The second-order valence-corrected chi connectivity index (χ2v) is 3.13. The van der Waals surface area contributed by atoms with Crippen LogP contribution in [0, 0.1) is 0 Å². The van der Waals surface area contributed by atoms with Crippen molar-refractivity contribution in [3.05, 3.63) is 23.9 Å². The summed E-state index contributed by atoms with van der Waals surface area (Å²) >= 11 is 0. The zero-order valence-electron chi connectivity index (χ0n) is 6.08. The Kier molecular flexibility index (Phi) is 2.55. The molecule has 1 aromatic heterocycles. The van der Waals surface area contributed by atoms with Gasteiger partial charge >= 0.3 is 6.18 Å². The minimum absolute atomic E-state index is 0.372. The molecule has 7 heteroatoms. The van der Waals surface area contributed by atoms with Gasteiger partial charge in [0.25, 0.3) is 0 Å². The molecule has 0 saturated heterocycles. The highest BCUT2D eigenvalue weighted by molar-refractivity contribution is 7.72. The van der Waals surface area contributed by atoms with Gasteiger partial charge in [0.1, 0.15) is 0 Å².